The van der Waals surface area contributed by atoms with Gasteiger partial charge < -0.3 is 14.7 Å². The fourth-order valence-corrected chi connectivity index (χ4v) is 4.96. The molecule has 1 aromatic heterocycles. The molecule has 8 nitrogen and oxygen atoms in total. The maximum absolute atomic E-state index is 13.0. The first-order valence-electron chi connectivity index (χ1n) is 9.85. The summed E-state index contributed by atoms with van der Waals surface area (Å²) in [5.74, 6) is 0.530. The Hall–Kier alpha value is -2.23. The second kappa shape index (κ2) is 9.06. The SMILES string of the molecule is CCN1CCN(S(=O)(=O)c2cccc(NC(=O)CCc3c(C)noc3C)c2)CC1. The Morgan fingerprint density at radius 2 is 1.93 bits per heavy atom. The third-order valence-corrected chi connectivity index (χ3v) is 7.21. The van der Waals surface area contributed by atoms with Gasteiger partial charge in [0, 0.05) is 43.9 Å². The molecule has 0 spiro atoms. The normalized spacial score (nSPS) is 16.1. The van der Waals surface area contributed by atoms with Gasteiger partial charge in [-0.2, -0.15) is 4.31 Å². The molecule has 2 heterocycles. The van der Waals surface area contributed by atoms with E-state index in [1.807, 2.05) is 13.8 Å². The first-order valence-corrected chi connectivity index (χ1v) is 11.3. The van der Waals surface area contributed by atoms with Crippen LogP contribution >= 0.6 is 0 Å². The highest BCUT2D eigenvalue weighted by Gasteiger charge is 2.28. The van der Waals surface area contributed by atoms with Crippen molar-refractivity contribution >= 4 is 21.6 Å². The lowest BCUT2D eigenvalue weighted by Gasteiger charge is -2.33. The van der Waals surface area contributed by atoms with Crippen LogP contribution in [0.5, 0.6) is 0 Å². The molecule has 9 heteroatoms. The predicted molar refractivity (Wildman–Crippen MR) is 110 cm³/mol. The number of carbonyl (C=O) groups is 1. The number of nitrogens with one attached hydrogen (secondary N) is 1. The van der Waals surface area contributed by atoms with Crippen molar-refractivity contribution in [1.82, 2.24) is 14.4 Å². The zero-order valence-electron chi connectivity index (χ0n) is 17.1. The number of rotatable bonds is 7. The molecule has 1 aliphatic heterocycles. The van der Waals surface area contributed by atoms with E-state index >= 15 is 0 Å². The largest absolute Gasteiger partial charge is 0.361 e. The number of likely N-dealkylation sites (N-methyl/N-ethyl adjacent to an activating group) is 1. The summed E-state index contributed by atoms with van der Waals surface area (Å²) in [6.07, 6.45) is 0.783. The van der Waals surface area contributed by atoms with Crippen LogP contribution in [0.3, 0.4) is 0 Å². The van der Waals surface area contributed by atoms with Crippen LogP contribution in [0.25, 0.3) is 0 Å². The van der Waals surface area contributed by atoms with E-state index in [1.54, 1.807) is 18.2 Å². The number of hydrogen-bond acceptors (Lipinski definition) is 6. The van der Waals surface area contributed by atoms with Crippen LogP contribution in [0, 0.1) is 13.8 Å². The second-order valence-electron chi connectivity index (χ2n) is 7.22. The van der Waals surface area contributed by atoms with Crippen LogP contribution in [0.1, 0.15) is 30.4 Å². The van der Waals surface area contributed by atoms with Crippen molar-refractivity contribution < 1.29 is 17.7 Å². The molecule has 0 aliphatic carbocycles. The Balaban J connectivity index is 1.63. The lowest BCUT2D eigenvalue weighted by atomic mass is 10.1. The van der Waals surface area contributed by atoms with Crippen molar-refractivity contribution in [3.63, 3.8) is 0 Å². The molecule has 1 saturated heterocycles. The van der Waals surface area contributed by atoms with Crippen molar-refractivity contribution in [2.24, 2.45) is 0 Å². The number of hydrogen-bond donors (Lipinski definition) is 1. The van der Waals surface area contributed by atoms with Gasteiger partial charge in [-0.05, 0) is 45.0 Å². The Bertz CT molecular complexity index is 943. The van der Waals surface area contributed by atoms with Gasteiger partial charge in [0.15, 0.2) is 0 Å². The molecule has 158 valence electrons. The second-order valence-corrected chi connectivity index (χ2v) is 9.16. The van der Waals surface area contributed by atoms with Crippen LogP contribution < -0.4 is 5.32 Å². The molecule has 2 aromatic rings. The van der Waals surface area contributed by atoms with E-state index in [9.17, 15) is 13.2 Å². The van der Waals surface area contributed by atoms with Gasteiger partial charge in [0.25, 0.3) is 0 Å². The molecule has 29 heavy (non-hydrogen) atoms. The summed E-state index contributed by atoms with van der Waals surface area (Å²) in [6.45, 7) is 9.07. The minimum atomic E-state index is -3.58. The van der Waals surface area contributed by atoms with Gasteiger partial charge in [-0.25, -0.2) is 8.42 Å². The molecule has 1 amide bonds. The molecule has 1 fully saturated rings. The first-order chi connectivity index (χ1) is 13.8. The number of benzene rings is 1. The Labute approximate surface area is 171 Å². The summed E-state index contributed by atoms with van der Waals surface area (Å²) < 4.78 is 32.5. The van der Waals surface area contributed by atoms with Crippen LogP contribution in [0.4, 0.5) is 5.69 Å². The predicted octanol–water partition coefficient (Wildman–Crippen LogP) is 2.19. The molecule has 0 radical (unpaired) electrons. The van der Waals surface area contributed by atoms with E-state index in [2.05, 4.69) is 22.3 Å². The highest BCUT2D eigenvalue weighted by molar-refractivity contribution is 7.89. The van der Waals surface area contributed by atoms with E-state index in [0.717, 1.165) is 30.9 Å². The molecule has 1 aromatic carbocycles. The van der Waals surface area contributed by atoms with Crippen molar-refractivity contribution in [1.29, 1.82) is 0 Å². The van der Waals surface area contributed by atoms with Gasteiger partial charge in [-0.3, -0.25) is 4.79 Å². The monoisotopic (exact) mass is 420 g/mol. The average molecular weight is 421 g/mol. The van der Waals surface area contributed by atoms with Gasteiger partial charge in [-0.1, -0.05) is 18.1 Å². The molecule has 0 atom stereocenters. The summed E-state index contributed by atoms with van der Waals surface area (Å²) in [5, 5.41) is 6.68. The molecule has 1 aliphatic rings. The third kappa shape index (κ3) is 5.04. The van der Waals surface area contributed by atoms with Crippen molar-refractivity contribution in [3.8, 4) is 0 Å². The zero-order chi connectivity index (χ0) is 21.0. The maximum Gasteiger partial charge on any atom is 0.243 e. The Kier molecular flexibility index (Phi) is 6.71. The fraction of sp³-hybridized carbons (Fsp3) is 0.500. The summed E-state index contributed by atoms with van der Waals surface area (Å²) in [6, 6.07) is 6.44. The fourth-order valence-electron chi connectivity index (χ4n) is 3.49. The van der Waals surface area contributed by atoms with Gasteiger partial charge in [0.1, 0.15) is 5.76 Å². The Morgan fingerprint density at radius 3 is 2.55 bits per heavy atom. The van der Waals surface area contributed by atoms with Gasteiger partial charge >= 0.3 is 0 Å². The standard InChI is InChI=1S/C20H28N4O4S/c1-4-23-10-12-24(13-11-23)29(26,27)18-7-5-6-17(14-18)21-20(25)9-8-19-15(2)22-28-16(19)3/h5-7,14H,4,8-13H2,1-3H3,(H,21,25). The number of nitrogens with zero attached hydrogens (tertiary/aromatic N) is 3. The van der Waals surface area contributed by atoms with E-state index in [0.29, 0.717) is 31.0 Å². The van der Waals surface area contributed by atoms with Crippen molar-refractivity contribution in [3.05, 3.63) is 41.3 Å². The van der Waals surface area contributed by atoms with Crippen LogP contribution in [-0.4, -0.2) is 61.4 Å². The summed E-state index contributed by atoms with van der Waals surface area (Å²) >= 11 is 0. The zero-order valence-corrected chi connectivity index (χ0v) is 18.0. The van der Waals surface area contributed by atoms with Gasteiger partial charge in [-0.15, -0.1) is 0 Å². The highest BCUT2D eigenvalue weighted by atomic mass is 32.2. The summed E-state index contributed by atoms with van der Waals surface area (Å²) in [7, 11) is -3.58. The van der Waals surface area contributed by atoms with Gasteiger partial charge in [0.2, 0.25) is 15.9 Å². The molecule has 0 saturated carbocycles. The van der Waals surface area contributed by atoms with Crippen molar-refractivity contribution in [2.75, 3.05) is 38.0 Å². The minimum Gasteiger partial charge on any atom is -0.361 e. The molecule has 1 N–H and O–H groups in total. The van der Waals surface area contributed by atoms with Crippen LogP contribution in [0.2, 0.25) is 0 Å². The summed E-state index contributed by atoms with van der Waals surface area (Å²) in [4.78, 5) is 14.8. The number of aryl methyl sites for hydroxylation is 2. The summed E-state index contributed by atoms with van der Waals surface area (Å²) in [5.41, 5.74) is 2.19. The third-order valence-electron chi connectivity index (χ3n) is 5.32. The number of anilines is 1. The first kappa shape index (κ1) is 21.5. The maximum atomic E-state index is 13.0. The Morgan fingerprint density at radius 1 is 1.21 bits per heavy atom. The van der Waals surface area contributed by atoms with Gasteiger partial charge in [0.05, 0.1) is 10.6 Å². The van der Waals surface area contributed by atoms with E-state index in [-0.39, 0.29) is 17.2 Å². The quantitative estimate of drug-likeness (QED) is 0.738. The molecular formula is C20H28N4O4S. The number of aromatic nitrogens is 1. The number of amides is 1. The van der Waals surface area contributed by atoms with E-state index in [1.165, 1.54) is 10.4 Å². The molecular weight excluding hydrogens is 392 g/mol. The van der Waals surface area contributed by atoms with E-state index < -0.39 is 10.0 Å². The molecule has 0 bridgehead atoms. The topological polar surface area (TPSA) is 95.8 Å². The minimum absolute atomic E-state index is 0.184. The molecule has 3 rings (SSSR count). The number of piperazine rings is 1. The number of sulfonamides is 1. The lowest BCUT2D eigenvalue weighted by Crippen LogP contribution is -2.48. The van der Waals surface area contributed by atoms with Crippen molar-refractivity contribution in [2.45, 2.75) is 38.5 Å². The lowest BCUT2D eigenvalue weighted by molar-refractivity contribution is -0.116. The number of carbonyl (C=O) groups excluding carboxylic acids is 1. The smallest absolute Gasteiger partial charge is 0.243 e. The van der Waals surface area contributed by atoms with Crippen LogP contribution in [0.15, 0.2) is 33.7 Å². The molecule has 0 unspecified atom stereocenters. The van der Waals surface area contributed by atoms with E-state index in [4.69, 9.17) is 4.52 Å². The highest BCUT2D eigenvalue weighted by Crippen LogP contribution is 2.21. The average Bonchev–Trinajstić information content (AvgIpc) is 3.04. The van der Waals surface area contributed by atoms with Crippen LogP contribution in [-0.2, 0) is 21.2 Å².